The molecule has 0 aliphatic heterocycles. The Kier molecular flexibility index (Phi) is 2.81. The molecule has 0 bridgehead atoms. The van der Waals surface area contributed by atoms with Crippen LogP contribution in [0.15, 0.2) is 22.7 Å². The van der Waals surface area contributed by atoms with E-state index in [1.54, 1.807) is 4.68 Å². The molecule has 1 aromatic carbocycles. The third kappa shape index (κ3) is 2.07. The van der Waals surface area contributed by atoms with Crippen molar-refractivity contribution in [3.05, 3.63) is 39.6 Å². The number of nitrogens with zero attached hydrogens (tertiary/aromatic N) is 4. The van der Waals surface area contributed by atoms with E-state index in [0.717, 1.165) is 10.3 Å². The predicted octanol–water partition coefficient (Wildman–Crippen LogP) is 2.10. The molecular formula is C10H11BrN4. The normalized spacial score (nSPS) is 10.6. The Labute approximate surface area is 96.4 Å². The molecule has 5 heteroatoms. The topological polar surface area (TPSA) is 43.6 Å². The fraction of sp³-hybridized carbons (Fsp3) is 0.300. The molecular weight excluding hydrogens is 256 g/mol. The highest BCUT2D eigenvalue weighted by molar-refractivity contribution is 9.10. The molecule has 0 fully saturated rings. The summed E-state index contributed by atoms with van der Waals surface area (Å²) >= 11 is 3.51. The Morgan fingerprint density at radius 2 is 2.13 bits per heavy atom. The van der Waals surface area contributed by atoms with Crippen molar-refractivity contribution in [1.82, 2.24) is 20.2 Å². The van der Waals surface area contributed by atoms with Gasteiger partial charge in [-0.2, -0.15) is 0 Å². The molecule has 0 unspecified atom stereocenters. The van der Waals surface area contributed by atoms with Crippen molar-refractivity contribution < 1.29 is 0 Å². The number of tetrazole rings is 1. The van der Waals surface area contributed by atoms with E-state index in [9.17, 15) is 0 Å². The van der Waals surface area contributed by atoms with Gasteiger partial charge in [-0.1, -0.05) is 28.1 Å². The van der Waals surface area contributed by atoms with Crippen molar-refractivity contribution in [2.45, 2.75) is 20.4 Å². The van der Waals surface area contributed by atoms with E-state index in [4.69, 9.17) is 0 Å². The zero-order chi connectivity index (χ0) is 10.8. The fourth-order valence-electron chi connectivity index (χ4n) is 1.38. The van der Waals surface area contributed by atoms with E-state index in [2.05, 4.69) is 44.4 Å². The first-order valence-electron chi connectivity index (χ1n) is 4.65. The third-order valence-corrected chi connectivity index (χ3v) is 3.27. The van der Waals surface area contributed by atoms with Crippen LogP contribution in [-0.2, 0) is 6.54 Å². The highest BCUT2D eigenvalue weighted by Crippen LogP contribution is 2.19. The molecule has 0 aliphatic rings. The first kappa shape index (κ1) is 10.3. The third-order valence-electron chi connectivity index (χ3n) is 2.41. The fourth-order valence-corrected chi connectivity index (χ4v) is 1.79. The average molecular weight is 267 g/mol. The Balaban J connectivity index is 2.33. The highest BCUT2D eigenvalue weighted by atomic mass is 79.9. The van der Waals surface area contributed by atoms with Gasteiger partial charge in [0.25, 0.3) is 0 Å². The molecule has 2 rings (SSSR count). The molecule has 0 atom stereocenters. The number of benzene rings is 1. The van der Waals surface area contributed by atoms with E-state index in [1.807, 2.05) is 19.1 Å². The van der Waals surface area contributed by atoms with Gasteiger partial charge in [0.1, 0.15) is 5.82 Å². The summed E-state index contributed by atoms with van der Waals surface area (Å²) in [5.41, 5.74) is 2.45. The second-order valence-corrected chi connectivity index (χ2v) is 4.26. The summed E-state index contributed by atoms with van der Waals surface area (Å²) in [6.45, 7) is 4.69. The van der Waals surface area contributed by atoms with Gasteiger partial charge in [-0.3, -0.25) is 0 Å². The van der Waals surface area contributed by atoms with Gasteiger partial charge in [0.05, 0.1) is 6.54 Å². The van der Waals surface area contributed by atoms with Gasteiger partial charge in [-0.15, -0.1) is 5.10 Å². The molecule has 0 saturated heterocycles. The zero-order valence-corrected chi connectivity index (χ0v) is 10.2. The van der Waals surface area contributed by atoms with Crippen LogP contribution < -0.4 is 0 Å². The lowest BCUT2D eigenvalue weighted by Gasteiger charge is -2.07. The Bertz CT molecular complexity index is 478. The quantitative estimate of drug-likeness (QED) is 0.836. The molecule has 0 radical (unpaired) electrons. The summed E-state index contributed by atoms with van der Waals surface area (Å²) in [6, 6.07) is 6.14. The molecule has 4 nitrogen and oxygen atoms in total. The van der Waals surface area contributed by atoms with E-state index in [-0.39, 0.29) is 0 Å². The lowest BCUT2D eigenvalue weighted by molar-refractivity contribution is 0.631. The first-order valence-corrected chi connectivity index (χ1v) is 5.44. The van der Waals surface area contributed by atoms with Crippen molar-refractivity contribution in [1.29, 1.82) is 0 Å². The van der Waals surface area contributed by atoms with Crippen molar-refractivity contribution in [3.63, 3.8) is 0 Å². The van der Waals surface area contributed by atoms with Crippen molar-refractivity contribution in [3.8, 4) is 0 Å². The van der Waals surface area contributed by atoms with Crippen LogP contribution in [-0.4, -0.2) is 20.2 Å². The number of hydrogen-bond acceptors (Lipinski definition) is 3. The minimum absolute atomic E-state index is 0.712. The molecule has 1 heterocycles. The molecule has 0 saturated carbocycles. The smallest absolute Gasteiger partial charge is 0.148 e. The minimum atomic E-state index is 0.712. The maximum absolute atomic E-state index is 3.92. The van der Waals surface area contributed by atoms with Gasteiger partial charge in [0.2, 0.25) is 0 Å². The lowest BCUT2D eigenvalue weighted by atomic mass is 10.1. The van der Waals surface area contributed by atoms with Gasteiger partial charge < -0.3 is 0 Å². The van der Waals surface area contributed by atoms with Crippen molar-refractivity contribution in [2.24, 2.45) is 0 Å². The van der Waals surface area contributed by atoms with Gasteiger partial charge >= 0.3 is 0 Å². The molecule has 0 N–H and O–H groups in total. The van der Waals surface area contributed by atoms with Gasteiger partial charge in [0, 0.05) is 4.47 Å². The van der Waals surface area contributed by atoms with Crippen molar-refractivity contribution in [2.75, 3.05) is 0 Å². The van der Waals surface area contributed by atoms with Crippen molar-refractivity contribution >= 4 is 15.9 Å². The SMILES string of the molecule is Cc1c(Br)cccc1Cn1nnnc1C. The second kappa shape index (κ2) is 4.10. The number of rotatable bonds is 2. The van der Waals surface area contributed by atoms with Gasteiger partial charge in [-0.05, 0) is 41.5 Å². The number of hydrogen-bond donors (Lipinski definition) is 0. The molecule has 0 amide bonds. The molecule has 15 heavy (non-hydrogen) atoms. The maximum atomic E-state index is 3.92. The maximum Gasteiger partial charge on any atom is 0.148 e. The molecule has 78 valence electrons. The summed E-state index contributed by atoms with van der Waals surface area (Å²) in [4.78, 5) is 0. The summed E-state index contributed by atoms with van der Waals surface area (Å²) in [5.74, 6) is 0.828. The van der Waals surface area contributed by atoms with Crippen LogP contribution in [0.1, 0.15) is 17.0 Å². The van der Waals surface area contributed by atoms with Crippen LogP contribution in [0.5, 0.6) is 0 Å². The number of halogens is 1. The largest absolute Gasteiger partial charge is 0.225 e. The number of aromatic nitrogens is 4. The van der Waals surface area contributed by atoms with Crippen LogP contribution in [0.25, 0.3) is 0 Å². The zero-order valence-electron chi connectivity index (χ0n) is 8.61. The van der Waals surface area contributed by atoms with Crippen LogP contribution in [0, 0.1) is 13.8 Å². The minimum Gasteiger partial charge on any atom is -0.225 e. The van der Waals surface area contributed by atoms with Crippen LogP contribution in [0.4, 0.5) is 0 Å². The average Bonchev–Trinajstić information content (AvgIpc) is 2.60. The highest BCUT2D eigenvalue weighted by Gasteiger charge is 2.05. The molecule has 0 aliphatic carbocycles. The van der Waals surface area contributed by atoms with E-state index < -0.39 is 0 Å². The van der Waals surface area contributed by atoms with Crippen LogP contribution in [0.3, 0.4) is 0 Å². The van der Waals surface area contributed by atoms with Crippen LogP contribution in [0.2, 0.25) is 0 Å². The second-order valence-electron chi connectivity index (χ2n) is 3.41. The standard InChI is InChI=1S/C10H11BrN4/c1-7-9(4-3-5-10(7)11)6-15-8(2)12-13-14-15/h3-5H,6H2,1-2H3. The van der Waals surface area contributed by atoms with Gasteiger partial charge in [0.15, 0.2) is 0 Å². The van der Waals surface area contributed by atoms with E-state index in [1.165, 1.54) is 11.1 Å². The summed E-state index contributed by atoms with van der Waals surface area (Å²) < 4.78 is 2.90. The summed E-state index contributed by atoms with van der Waals surface area (Å²) in [5, 5.41) is 11.4. The Hall–Kier alpha value is -1.23. The Morgan fingerprint density at radius 1 is 1.33 bits per heavy atom. The van der Waals surface area contributed by atoms with Gasteiger partial charge in [-0.25, -0.2) is 4.68 Å². The molecule has 2 aromatic rings. The summed E-state index contributed by atoms with van der Waals surface area (Å²) in [6.07, 6.45) is 0. The first-order chi connectivity index (χ1) is 7.18. The van der Waals surface area contributed by atoms with E-state index in [0.29, 0.717) is 6.54 Å². The molecule has 0 spiro atoms. The molecule has 1 aromatic heterocycles. The van der Waals surface area contributed by atoms with Crippen LogP contribution >= 0.6 is 15.9 Å². The lowest BCUT2D eigenvalue weighted by Crippen LogP contribution is -2.05. The Morgan fingerprint density at radius 3 is 2.80 bits per heavy atom. The predicted molar refractivity (Wildman–Crippen MR) is 60.5 cm³/mol. The van der Waals surface area contributed by atoms with E-state index >= 15 is 0 Å². The summed E-state index contributed by atoms with van der Waals surface area (Å²) in [7, 11) is 0. The number of aryl methyl sites for hydroxylation is 1. The monoisotopic (exact) mass is 266 g/mol.